The molecule has 0 spiro atoms. The van der Waals surface area contributed by atoms with Crippen molar-refractivity contribution >= 4 is 12.6 Å². The molecule has 1 aromatic rings. The topological polar surface area (TPSA) is 30.7 Å². The molecule has 0 N–H and O–H groups in total. The van der Waals surface area contributed by atoms with Crippen molar-refractivity contribution in [2.45, 2.75) is 33.2 Å². The van der Waals surface area contributed by atoms with E-state index in [2.05, 4.69) is 22.7 Å². The SMILES string of the molecule is Cc1nc(C)n(CC2(CS)CC2)n1. The summed E-state index contributed by atoms with van der Waals surface area (Å²) in [5.41, 5.74) is 0.425. The van der Waals surface area contributed by atoms with Crippen LogP contribution in [0.4, 0.5) is 0 Å². The monoisotopic (exact) mass is 197 g/mol. The third-order valence-electron chi connectivity index (χ3n) is 2.74. The second-order valence-electron chi connectivity index (χ2n) is 4.02. The summed E-state index contributed by atoms with van der Waals surface area (Å²) in [6, 6.07) is 0. The van der Waals surface area contributed by atoms with Gasteiger partial charge in [-0.2, -0.15) is 17.7 Å². The van der Waals surface area contributed by atoms with E-state index in [4.69, 9.17) is 0 Å². The Morgan fingerprint density at radius 2 is 2.15 bits per heavy atom. The van der Waals surface area contributed by atoms with Gasteiger partial charge >= 0.3 is 0 Å². The van der Waals surface area contributed by atoms with Crippen molar-refractivity contribution in [2.75, 3.05) is 5.75 Å². The predicted octanol–water partition coefficient (Wildman–Crippen LogP) is 1.60. The average molecular weight is 197 g/mol. The molecular formula is C9H15N3S. The molecular weight excluding hydrogens is 182 g/mol. The molecule has 1 aliphatic carbocycles. The molecule has 1 fully saturated rings. The van der Waals surface area contributed by atoms with Crippen LogP contribution in [0, 0.1) is 19.3 Å². The molecule has 72 valence electrons. The van der Waals surface area contributed by atoms with Crippen LogP contribution in [0.1, 0.15) is 24.5 Å². The molecule has 1 aromatic heterocycles. The molecule has 0 amide bonds. The number of rotatable bonds is 3. The van der Waals surface area contributed by atoms with Crippen LogP contribution in [0.25, 0.3) is 0 Å². The molecule has 3 nitrogen and oxygen atoms in total. The van der Waals surface area contributed by atoms with Crippen LogP contribution < -0.4 is 0 Å². The van der Waals surface area contributed by atoms with Gasteiger partial charge in [0.15, 0.2) is 0 Å². The fourth-order valence-corrected chi connectivity index (χ4v) is 1.99. The van der Waals surface area contributed by atoms with Crippen LogP contribution in [0.3, 0.4) is 0 Å². The number of nitrogens with zero attached hydrogens (tertiary/aromatic N) is 3. The van der Waals surface area contributed by atoms with Gasteiger partial charge in [0, 0.05) is 6.54 Å². The summed E-state index contributed by atoms with van der Waals surface area (Å²) >= 11 is 4.37. The quantitative estimate of drug-likeness (QED) is 0.746. The van der Waals surface area contributed by atoms with E-state index in [0.29, 0.717) is 5.41 Å². The van der Waals surface area contributed by atoms with Gasteiger partial charge < -0.3 is 0 Å². The molecule has 0 aliphatic heterocycles. The third-order valence-corrected chi connectivity index (χ3v) is 3.41. The highest BCUT2D eigenvalue weighted by molar-refractivity contribution is 7.80. The van der Waals surface area contributed by atoms with Crippen molar-refractivity contribution in [1.82, 2.24) is 14.8 Å². The summed E-state index contributed by atoms with van der Waals surface area (Å²) in [4.78, 5) is 4.28. The van der Waals surface area contributed by atoms with Crippen LogP contribution >= 0.6 is 12.6 Å². The summed E-state index contributed by atoms with van der Waals surface area (Å²) < 4.78 is 2.01. The van der Waals surface area contributed by atoms with E-state index in [9.17, 15) is 0 Å². The lowest BCUT2D eigenvalue weighted by Gasteiger charge is -2.11. The normalized spacial score (nSPS) is 19.0. The van der Waals surface area contributed by atoms with Crippen LogP contribution in [0.2, 0.25) is 0 Å². The highest BCUT2D eigenvalue weighted by atomic mass is 32.1. The number of aromatic nitrogens is 3. The highest BCUT2D eigenvalue weighted by Gasteiger charge is 2.42. The Labute approximate surface area is 84.0 Å². The number of thiol groups is 1. The summed E-state index contributed by atoms with van der Waals surface area (Å²) in [7, 11) is 0. The Kier molecular flexibility index (Phi) is 2.10. The smallest absolute Gasteiger partial charge is 0.147 e. The molecule has 1 saturated carbocycles. The van der Waals surface area contributed by atoms with Crippen molar-refractivity contribution < 1.29 is 0 Å². The lowest BCUT2D eigenvalue weighted by molar-refractivity contribution is 0.431. The molecule has 0 radical (unpaired) electrons. The first kappa shape index (κ1) is 9.06. The molecule has 0 aromatic carbocycles. The van der Waals surface area contributed by atoms with Gasteiger partial charge in [-0.05, 0) is 37.9 Å². The molecule has 13 heavy (non-hydrogen) atoms. The lowest BCUT2D eigenvalue weighted by atomic mass is 10.1. The molecule has 0 saturated heterocycles. The first-order valence-corrected chi connectivity index (χ1v) is 5.27. The van der Waals surface area contributed by atoms with Crippen LogP contribution in [-0.2, 0) is 6.54 Å². The Balaban J connectivity index is 2.13. The predicted molar refractivity (Wildman–Crippen MR) is 55.0 cm³/mol. The average Bonchev–Trinajstić information content (AvgIpc) is 2.77. The Hall–Kier alpha value is -0.510. The first-order valence-electron chi connectivity index (χ1n) is 4.64. The summed E-state index contributed by atoms with van der Waals surface area (Å²) in [6.45, 7) is 4.93. The van der Waals surface area contributed by atoms with Crippen molar-refractivity contribution in [2.24, 2.45) is 5.41 Å². The van der Waals surface area contributed by atoms with Gasteiger partial charge in [0.05, 0.1) is 0 Å². The highest BCUT2D eigenvalue weighted by Crippen LogP contribution is 2.47. The van der Waals surface area contributed by atoms with Crippen molar-refractivity contribution in [3.63, 3.8) is 0 Å². The van der Waals surface area contributed by atoms with Crippen LogP contribution in [0.15, 0.2) is 0 Å². The van der Waals surface area contributed by atoms with E-state index >= 15 is 0 Å². The first-order chi connectivity index (χ1) is 6.15. The van der Waals surface area contributed by atoms with Crippen molar-refractivity contribution in [1.29, 1.82) is 0 Å². The molecule has 1 aliphatic rings. The zero-order valence-corrected chi connectivity index (χ0v) is 9.01. The largest absolute Gasteiger partial charge is 0.250 e. The minimum absolute atomic E-state index is 0.425. The third kappa shape index (κ3) is 1.73. The lowest BCUT2D eigenvalue weighted by Crippen LogP contribution is -2.15. The van der Waals surface area contributed by atoms with E-state index in [1.807, 2.05) is 18.5 Å². The summed E-state index contributed by atoms with van der Waals surface area (Å²) in [5, 5.41) is 4.35. The van der Waals surface area contributed by atoms with Crippen molar-refractivity contribution in [3.05, 3.63) is 11.6 Å². The minimum Gasteiger partial charge on any atom is -0.250 e. The second kappa shape index (κ2) is 3.01. The van der Waals surface area contributed by atoms with Crippen molar-refractivity contribution in [3.8, 4) is 0 Å². The van der Waals surface area contributed by atoms with E-state index in [1.165, 1.54) is 12.8 Å². The fraction of sp³-hybridized carbons (Fsp3) is 0.778. The number of hydrogen-bond acceptors (Lipinski definition) is 3. The maximum absolute atomic E-state index is 4.37. The second-order valence-corrected chi connectivity index (χ2v) is 4.34. The molecule has 0 bridgehead atoms. The van der Waals surface area contributed by atoms with Gasteiger partial charge in [-0.3, -0.25) is 0 Å². The zero-order chi connectivity index (χ0) is 9.47. The van der Waals surface area contributed by atoms with E-state index in [0.717, 1.165) is 23.9 Å². The van der Waals surface area contributed by atoms with Crippen LogP contribution in [-0.4, -0.2) is 20.5 Å². The van der Waals surface area contributed by atoms with Crippen LogP contribution in [0.5, 0.6) is 0 Å². The Morgan fingerprint density at radius 1 is 1.46 bits per heavy atom. The van der Waals surface area contributed by atoms with Gasteiger partial charge in [-0.15, -0.1) is 0 Å². The van der Waals surface area contributed by atoms with Gasteiger partial charge in [0.1, 0.15) is 11.6 Å². The maximum Gasteiger partial charge on any atom is 0.147 e. The van der Waals surface area contributed by atoms with Gasteiger partial charge in [0.25, 0.3) is 0 Å². The maximum atomic E-state index is 4.37. The molecule has 0 atom stereocenters. The van der Waals surface area contributed by atoms with Gasteiger partial charge in [-0.1, -0.05) is 0 Å². The molecule has 0 unspecified atom stereocenters. The summed E-state index contributed by atoms with van der Waals surface area (Å²) in [6.07, 6.45) is 2.57. The standard InChI is InChI=1S/C9H15N3S/c1-7-10-8(2)12(11-7)5-9(6-13)3-4-9/h13H,3-6H2,1-2H3. The Bertz CT molecular complexity index is 315. The number of aryl methyl sites for hydroxylation is 2. The van der Waals surface area contributed by atoms with Gasteiger partial charge in [-0.25, -0.2) is 9.67 Å². The minimum atomic E-state index is 0.425. The Morgan fingerprint density at radius 3 is 2.54 bits per heavy atom. The van der Waals surface area contributed by atoms with E-state index in [1.54, 1.807) is 0 Å². The number of hydrogen-bond donors (Lipinski definition) is 1. The fourth-order valence-electron chi connectivity index (χ4n) is 1.57. The van der Waals surface area contributed by atoms with Gasteiger partial charge in [0.2, 0.25) is 0 Å². The molecule has 1 heterocycles. The molecule has 2 rings (SSSR count). The van der Waals surface area contributed by atoms with E-state index < -0.39 is 0 Å². The zero-order valence-electron chi connectivity index (χ0n) is 8.12. The summed E-state index contributed by atoms with van der Waals surface area (Å²) in [5.74, 6) is 2.85. The van der Waals surface area contributed by atoms with E-state index in [-0.39, 0.29) is 0 Å². The molecule has 4 heteroatoms.